The summed E-state index contributed by atoms with van der Waals surface area (Å²) in [5.41, 5.74) is -0.311. The number of hydrogen-bond acceptors (Lipinski definition) is 8. The Labute approximate surface area is 187 Å². The molecule has 0 heterocycles. The van der Waals surface area contributed by atoms with Crippen molar-refractivity contribution in [2.75, 3.05) is 32.6 Å². The number of ether oxygens (including phenoxy) is 1. The zero-order valence-corrected chi connectivity index (χ0v) is 19.2. The molecule has 0 bridgehead atoms. The Morgan fingerprint density at radius 2 is 1.72 bits per heavy atom. The Balaban J connectivity index is 2.34. The lowest BCUT2D eigenvalue weighted by atomic mass is 9.87. The topological polar surface area (TPSA) is 171 Å². The van der Waals surface area contributed by atoms with Gasteiger partial charge in [0.1, 0.15) is 18.5 Å². The van der Waals surface area contributed by atoms with Crippen LogP contribution in [0.15, 0.2) is 24.3 Å². The highest BCUT2D eigenvalue weighted by Crippen LogP contribution is 2.19. The number of aliphatic hydroxyl groups excluding tert-OH is 2. The number of hydrogen-bond donors (Lipinski definition) is 5. The number of carbonyl (C=O) groups is 3. The molecule has 0 saturated carbocycles. The van der Waals surface area contributed by atoms with Gasteiger partial charge in [-0.15, -0.1) is 0 Å². The van der Waals surface area contributed by atoms with Crippen LogP contribution in [-0.4, -0.2) is 74.9 Å². The first-order valence-electron chi connectivity index (χ1n) is 9.90. The normalized spacial score (nSPS) is 12.7. The molecule has 180 valence electrons. The van der Waals surface area contributed by atoms with E-state index in [1.807, 2.05) is 0 Å². The second kappa shape index (κ2) is 12.5. The Morgan fingerprint density at radius 3 is 2.28 bits per heavy atom. The first kappa shape index (κ1) is 27.5. The summed E-state index contributed by atoms with van der Waals surface area (Å²) in [6.45, 7) is 2.92. The van der Waals surface area contributed by atoms with Gasteiger partial charge in [0.15, 0.2) is 0 Å². The summed E-state index contributed by atoms with van der Waals surface area (Å²) in [5, 5.41) is 23.9. The Kier molecular flexibility index (Phi) is 10.7. The van der Waals surface area contributed by atoms with Gasteiger partial charge in [0.05, 0.1) is 12.9 Å². The van der Waals surface area contributed by atoms with Gasteiger partial charge < -0.3 is 25.6 Å². The maximum Gasteiger partial charge on any atom is 0.287 e. The van der Waals surface area contributed by atoms with Crippen molar-refractivity contribution in [1.82, 2.24) is 15.4 Å². The van der Waals surface area contributed by atoms with Crippen molar-refractivity contribution in [1.29, 1.82) is 0 Å². The fourth-order valence-corrected chi connectivity index (χ4v) is 2.79. The highest BCUT2D eigenvalue weighted by atomic mass is 32.2. The first-order chi connectivity index (χ1) is 14.9. The van der Waals surface area contributed by atoms with Gasteiger partial charge in [-0.3, -0.25) is 14.4 Å². The molecule has 11 nitrogen and oxygen atoms in total. The summed E-state index contributed by atoms with van der Waals surface area (Å²) >= 11 is 0. The summed E-state index contributed by atoms with van der Waals surface area (Å²) < 4.78 is 29.6. The summed E-state index contributed by atoms with van der Waals surface area (Å²) in [5.74, 6) is -1.73. The van der Waals surface area contributed by atoms with Gasteiger partial charge in [0.2, 0.25) is 21.7 Å². The standard InChI is InChI=1S/C20H31N3O8S/c1-20(2,13-24)17(26)19(28)21-9-8-16(25)18(27)22-12-14-4-6-15(7-5-14)31-11-10-23-32(3,29)30/h4-7,17,23-24,26H,8-13H2,1-3H3,(H,21,28)(H,22,27)/t17-/m0/s1. The number of rotatable bonds is 14. The van der Waals surface area contributed by atoms with E-state index in [1.165, 1.54) is 13.8 Å². The Morgan fingerprint density at radius 1 is 1.09 bits per heavy atom. The van der Waals surface area contributed by atoms with E-state index in [4.69, 9.17) is 9.84 Å². The van der Waals surface area contributed by atoms with Crippen molar-refractivity contribution < 1.29 is 37.8 Å². The van der Waals surface area contributed by atoms with Crippen LogP contribution < -0.4 is 20.1 Å². The van der Waals surface area contributed by atoms with Crippen LogP contribution in [-0.2, 0) is 31.0 Å². The first-order valence-corrected chi connectivity index (χ1v) is 11.8. The van der Waals surface area contributed by atoms with E-state index in [0.717, 1.165) is 11.8 Å². The molecule has 0 aliphatic carbocycles. The zero-order chi connectivity index (χ0) is 24.4. The second-order valence-electron chi connectivity index (χ2n) is 7.86. The van der Waals surface area contributed by atoms with Crippen molar-refractivity contribution in [2.45, 2.75) is 32.9 Å². The van der Waals surface area contributed by atoms with Crippen molar-refractivity contribution in [3.05, 3.63) is 29.8 Å². The highest BCUT2D eigenvalue weighted by Gasteiger charge is 2.32. The fourth-order valence-electron chi connectivity index (χ4n) is 2.33. The molecule has 0 aromatic heterocycles. The predicted molar refractivity (Wildman–Crippen MR) is 116 cm³/mol. The van der Waals surface area contributed by atoms with Gasteiger partial charge in [0, 0.05) is 31.5 Å². The molecule has 32 heavy (non-hydrogen) atoms. The summed E-state index contributed by atoms with van der Waals surface area (Å²) in [6, 6.07) is 6.68. The Hall–Kier alpha value is -2.54. The van der Waals surface area contributed by atoms with E-state index >= 15 is 0 Å². The lowest BCUT2D eigenvalue weighted by molar-refractivity contribution is -0.139. The zero-order valence-electron chi connectivity index (χ0n) is 18.4. The molecule has 2 amide bonds. The van der Waals surface area contributed by atoms with E-state index in [9.17, 15) is 27.9 Å². The third-order valence-corrected chi connectivity index (χ3v) is 5.14. The van der Waals surface area contributed by atoms with Crippen LogP contribution in [0.2, 0.25) is 0 Å². The van der Waals surface area contributed by atoms with Gasteiger partial charge in [-0.25, -0.2) is 13.1 Å². The van der Waals surface area contributed by atoms with Crippen LogP contribution in [0.4, 0.5) is 0 Å². The Bertz CT molecular complexity index is 885. The van der Waals surface area contributed by atoms with Crippen molar-refractivity contribution in [3.8, 4) is 5.75 Å². The smallest absolute Gasteiger partial charge is 0.287 e. The highest BCUT2D eigenvalue weighted by molar-refractivity contribution is 7.88. The van der Waals surface area contributed by atoms with Crippen LogP contribution in [0.3, 0.4) is 0 Å². The predicted octanol–water partition coefficient (Wildman–Crippen LogP) is -1.31. The number of ketones is 1. The molecule has 0 aliphatic rings. The van der Waals surface area contributed by atoms with Crippen molar-refractivity contribution >= 4 is 27.6 Å². The molecule has 1 atom stereocenters. The van der Waals surface area contributed by atoms with Crippen LogP contribution in [0.5, 0.6) is 5.75 Å². The average molecular weight is 474 g/mol. The molecule has 0 unspecified atom stereocenters. The van der Waals surface area contributed by atoms with Gasteiger partial charge in [-0.05, 0) is 17.7 Å². The lowest BCUT2D eigenvalue weighted by Crippen LogP contribution is -2.46. The van der Waals surface area contributed by atoms with Crippen LogP contribution in [0, 0.1) is 5.41 Å². The van der Waals surface area contributed by atoms with Crippen LogP contribution >= 0.6 is 0 Å². The van der Waals surface area contributed by atoms with Gasteiger partial charge >= 0.3 is 0 Å². The van der Waals surface area contributed by atoms with Crippen molar-refractivity contribution in [3.63, 3.8) is 0 Å². The quantitative estimate of drug-likeness (QED) is 0.164. The number of aliphatic hydroxyl groups is 2. The van der Waals surface area contributed by atoms with E-state index in [0.29, 0.717) is 5.75 Å². The monoisotopic (exact) mass is 473 g/mol. The molecule has 1 aromatic carbocycles. The number of nitrogens with one attached hydrogen (secondary N) is 3. The fraction of sp³-hybridized carbons (Fsp3) is 0.550. The molecule has 1 rings (SSSR count). The maximum atomic E-state index is 11.9. The van der Waals surface area contributed by atoms with Gasteiger partial charge in [-0.2, -0.15) is 0 Å². The maximum absolute atomic E-state index is 11.9. The molecule has 0 aliphatic heterocycles. The minimum Gasteiger partial charge on any atom is -0.492 e. The van der Waals surface area contributed by atoms with Crippen LogP contribution in [0.1, 0.15) is 25.8 Å². The van der Waals surface area contributed by atoms with E-state index in [1.54, 1.807) is 24.3 Å². The average Bonchev–Trinajstić information content (AvgIpc) is 2.74. The SMILES string of the molecule is CC(C)(CO)[C@@H](O)C(=O)NCCC(=O)C(=O)NCc1ccc(OCCNS(C)(=O)=O)cc1. The minimum atomic E-state index is -3.27. The van der Waals surface area contributed by atoms with Gasteiger partial charge in [-0.1, -0.05) is 26.0 Å². The second-order valence-corrected chi connectivity index (χ2v) is 9.69. The molecular formula is C20H31N3O8S. The molecule has 5 N–H and O–H groups in total. The van der Waals surface area contributed by atoms with Crippen molar-refractivity contribution in [2.24, 2.45) is 5.41 Å². The summed E-state index contributed by atoms with van der Waals surface area (Å²) in [4.78, 5) is 35.7. The van der Waals surface area contributed by atoms with Crippen LogP contribution in [0.25, 0.3) is 0 Å². The molecule has 1 aromatic rings. The third kappa shape index (κ3) is 10.2. The van der Waals surface area contributed by atoms with E-state index in [2.05, 4.69) is 15.4 Å². The lowest BCUT2D eigenvalue weighted by Gasteiger charge is -2.27. The van der Waals surface area contributed by atoms with E-state index < -0.39 is 45.7 Å². The number of sulfonamides is 1. The van der Waals surface area contributed by atoms with Gasteiger partial charge in [0.25, 0.3) is 5.91 Å². The number of benzene rings is 1. The minimum absolute atomic E-state index is 0.107. The summed E-state index contributed by atoms with van der Waals surface area (Å²) in [6.07, 6.45) is -0.626. The third-order valence-electron chi connectivity index (χ3n) is 4.41. The number of carbonyl (C=O) groups excluding carboxylic acids is 3. The molecule has 0 radical (unpaired) electrons. The largest absolute Gasteiger partial charge is 0.492 e. The summed E-state index contributed by atoms with van der Waals surface area (Å²) in [7, 11) is -3.27. The molecule has 0 saturated heterocycles. The molecule has 12 heteroatoms. The number of Topliss-reactive ketones (excluding diaryl/α,β-unsaturated/α-hetero) is 1. The number of amides is 2. The molecular weight excluding hydrogens is 442 g/mol. The van der Waals surface area contributed by atoms with E-state index in [-0.39, 0.29) is 32.7 Å². The molecule has 0 spiro atoms. The molecule has 0 fully saturated rings.